The summed E-state index contributed by atoms with van der Waals surface area (Å²) in [6, 6.07) is 13.0. The van der Waals surface area contributed by atoms with E-state index in [1.54, 1.807) is 0 Å². The van der Waals surface area contributed by atoms with Gasteiger partial charge in [-0.15, -0.1) is 0 Å². The number of aryl methyl sites for hydroxylation is 1. The van der Waals surface area contributed by atoms with Crippen molar-refractivity contribution in [1.29, 1.82) is 0 Å². The fraction of sp³-hybridized carbons (Fsp3) is 0.286. The molecule has 0 unspecified atom stereocenters. The minimum absolute atomic E-state index is 0.718. The molecule has 1 heteroatoms. The molecule has 0 amide bonds. The van der Waals surface area contributed by atoms with E-state index in [9.17, 15) is 0 Å². The molecule has 2 aromatic carbocycles. The van der Waals surface area contributed by atoms with Crippen LogP contribution >= 0.6 is 0 Å². The van der Waals surface area contributed by atoms with Gasteiger partial charge in [0.15, 0.2) is 0 Å². The largest absolute Gasteiger partial charge is 0.330 e. The van der Waals surface area contributed by atoms with Gasteiger partial charge in [0, 0.05) is 0 Å². The third kappa shape index (κ3) is 1.88. The molecular formula is C14H17N. The highest BCUT2D eigenvalue weighted by Crippen LogP contribution is 2.23. The first-order valence-electron chi connectivity index (χ1n) is 5.56. The Morgan fingerprint density at radius 2 is 1.53 bits per heavy atom. The number of rotatable bonds is 3. The topological polar surface area (TPSA) is 26.0 Å². The van der Waals surface area contributed by atoms with Crippen LogP contribution in [-0.2, 0) is 12.8 Å². The average molecular weight is 199 g/mol. The molecule has 1 nitrogen and oxygen atoms in total. The lowest BCUT2D eigenvalue weighted by molar-refractivity contribution is 0.977. The zero-order valence-corrected chi connectivity index (χ0v) is 9.16. The minimum atomic E-state index is 0.718. The molecule has 0 fully saturated rings. The molecule has 15 heavy (non-hydrogen) atoms. The van der Waals surface area contributed by atoms with Crippen LogP contribution in [0.25, 0.3) is 10.8 Å². The molecule has 2 rings (SSSR count). The van der Waals surface area contributed by atoms with E-state index in [1.807, 2.05) is 0 Å². The van der Waals surface area contributed by atoms with E-state index in [-0.39, 0.29) is 0 Å². The Labute approximate surface area is 90.9 Å². The summed E-state index contributed by atoms with van der Waals surface area (Å²) >= 11 is 0. The molecule has 2 aromatic rings. The summed E-state index contributed by atoms with van der Waals surface area (Å²) in [5.74, 6) is 0. The van der Waals surface area contributed by atoms with Crippen molar-refractivity contribution in [1.82, 2.24) is 0 Å². The van der Waals surface area contributed by atoms with Crippen LogP contribution < -0.4 is 5.73 Å². The second-order valence-electron chi connectivity index (χ2n) is 3.82. The van der Waals surface area contributed by atoms with Gasteiger partial charge in [-0.05, 0) is 41.3 Å². The predicted molar refractivity (Wildman–Crippen MR) is 66.1 cm³/mol. The standard InChI is InChI=1S/C14H17N/c1-2-11-5-3-8-14-12(9-10-15)6-4-7-13(11)14/h3-8H,2,9-10,15H2,1H3. The van der Waals surface area contributed by atoms with Crippen LogP contribution in [0.1, 0.15) is 18.1 Å². The summed E-state index contributed by atoms with van der Waals surface area (Å²) in [6.45, 7) is 2.92. The van der Waals surface area contributed by atoms with Gasteiger partial charge < -0.3 is 5.73 Å². The Kier molecular flexibility index (Phi) is 3.02. The Morgan fingerprint density at radius 1 is 0.933 bits per heavy atom. The third-order valence-electron chi connectivity index (χ3n) is 2.90. The molecule has 0 aliphatic heterocycles. The van der Waals surface area contributed by atoms with Crippen molar-refractivity contribution in [3.63, 3.8) is 0 Å². The van der Waals surface area contributed by atoms with E-state index in [2.05, 4.69) is 43.3 Å². The van der Waals surface area contributed by atoms with Gasteiger partial charge in [0.25, 0.3) is 0 Å². The lowest BCUT2D eigenvalue weighted by atomic mass is 9.97. The van der Waals surface area contributed by atoms with Gasteiger partial charge >= 0.3 is 0 Å². The van der Waals surface area contributed by atoms with Crippen molar-refractivity contribution < 1.29 is 0 Å². The molecule has 0 saturated heterocycles. The zero-order chi connectivity index (χ0) is 10.7. The van der Waals surface area contributed by atoms with Gasteiger partial charge in [-0.25, -0.2) is 0 Å². The van der Waals surface area contributed by atoms with E-state index in [4.69, 9.17) is 5.73 Å². The Bertz CT molecular complexity index is 460. The van der Waals surface area contributed by atoms with Gasteiger partial charge in [0.05, 0.1) is 0 Å². The molecular weight excluding hydrogens is 182 g/mol. The van der Waals surface area contributed by atoms with Crippen molar-refractivity contribution in [2.45, 2.75) is 19.8 Å². The highest BCUT2D eigenvalue weighted by atomic mass is 14.5. The molecule has 0 aliphatic rings. The Hall–Kier alpha value is -1.34. The smallest absolute Gasteiger partial charge is 0.00365 e. The lowest BCUT2D eigenvalue weighted by Gasteiger charge is -2.08. The van der Waals surface area contributed by atoms with Crippen LogP contribution in [0, 0.1) is 0 Å². The average Bonchev–Trinajstić information content (AvgIpc) is 2.29. The summed E-state index contributed by atoms with van der Waals surface area (Å²) in [5, 5.41) is 2.74. The van der Waals surface area contributed by atoms with Gasteiger partial charge in [0.2, 0.25) is 0 Å². The highest BCUT2D eigenvalue weighted by Gasteiger charge is 2.02. The first kappa shape index (κ1) is 10.2. The van der Waals surface area contributed by atoms with E-state index in [0.717, 1.165) is 19.4 Å². The summed E-state index contributed by atoms with van der Waals surface area (Å²) in [5.41, 5.74) is 8.41. The van der Waals surface area contributed by atoms with Crippen molar-refractivity contribution in [3.05, 3.63) is 47.5 Å². The third-order valence-corrected chi connectivity index (χ3v) is 2.90. The molecule has 0 aliphatic carbocycles. The van der Waals surface area contributed by atoms with Crippen molar-refractivity contribution in [3.8, 4) is 0 Å². The molecule has 0 radical (unpaired) electrons. The van der Waals surface area contributed by atoms with E-state index in [1.165, 1.54) is 21.9 Å². The summed E-state index contributed by atoms with van der Waals surface area (Å²) in [4.78, 5) is 0. The van der Waals surface area contributed by atoms with Gasteiger partial charge in [-0.1, -0.05) is 43.3 Å². The fourth-order valence-corrected chi connectivity index (χ4v) is 2.12. The van der Waals surface area contributed by atoms with Crippen LogP contribution in [0.15, 0.2) is 36.4 Å². The maximum absolute atomic E-state index is 5.62. The van der Waals surface area contributed by atoms with Crippen LogP contribution in [0.2, 0.25) is 0 Å². The van der Waals surface area contributed by atoms with Gasteiger partial charge in [0.1, 0.15) is 0 Å². The molecule has 78 valence electrons. The lowest BCUT2D eigenvalue weighted by Crippen LogP contribution is -2.03. The van der Waals surface area contributed by atoms with Crippen molar-refractivity contribution >= 4 is 10.8 Å². The first-order chi connectivity index (χ1) is 7.36. The van der Waals surface area contributed by atoms with Crippen LogP contribution in [0.3, 0.4) is 0 Å². The Balaban J connectivity index is 2.65. The van der Waals surface area contributed by atoms with E-state index < -0.39 is 0 Å². The van der Waals surface area contributed by atoms with Crippen molar-refractivity contribution in [2.24, 2.45) is 5.73 Å². The van der Waals surface area contributed by atoms with Crippen LogP contribution in [-0.4, -0.2) is 6.54 Å². The molecule has 0 saturated carbocycles. The number of hydrogen-bond donors (Lipinski definition) is 1. The SMILES string of the molecule is CCc1cccc2c(CCN)cccc12. The quantitative estimate of drug-likeness (QED) is 0.808. The molecule has 0 bridgehead atoms. The first-order valence-corrected chi connectivity index (χ1v) is 5.56. The molecule has 0 atom stereocenters. The predicted octanol–water partition coefficient (Wildman–Crippen LogP) is 2.90. The normalized spacial score (nSPS) is 10.8. The summed E-state index contributed by atoms with van der Waals surface area (Å²) in [7, 11) is 0. The maximum Gasteiger partial charge on any atom is -0.00365 e. The van der Waals surface area contributed by atoms with Crippen LogP contribution in [0.5, 0.6) is 0 Å². The van der Waals surface area contributed by atoms with E-state index >= 15 is 0 Å². The van der Waals surface area contributed by atoms with Gasteiger partial charge in [-0.2, -0.15) is 0 Å². The molecule has 0 heterocycles. The number of fused-ring (bicyclic) bond motifs is 1. The fourth-order valence-electron chi connectivity index (χ4n) is 2.12. The second-order valence-corrected chi connectivity index (χ2v) is 3.82. The monoisotopic (exact) mass is 199 g/mol. The minimum Gasteiger partial charge on any atom is -0.330 e. The zero-order valence-electron chi connectivity index (χ0n) is 9.16. The number of nitrogens with two attached hydrogens (primary N) is 1. The number of benzene rings is 2. The highest BCUT2D eigenvalue weighted by molar-refractivity contribution is 5.88. The molecule has 2 N–H and O–H groups in total. The van der Waals surface area contributed by atoms with Crippen LogP contribution in [0.4, 0.5) is 0 Å². The second kappa shape index (κ2) is 4.45. The van der Waals surface area contributed by atoms with E-state index in [0.29, 0.717) is 0 Å². The summed E-state index contributed by atoms with van der Waals surface area (Å²) in [6.07, 6.45) is 2.05. The Morgan fingerprint density at radius 3 is 2.13 bits per heavy atom. The molecule has 0 spiro atoms. The maximum atomic E-state index is 5.62. The van der Waals surface area contributed by atoms with Gasteiger partial charge in [-0.3, -0.25) is 0 Å². The molecule has 0 aromatic heterocycles. The van der Waals surface area contributed by atoms with Crippen molar-refractivity contribution in [2.75, 3.05) is 6.54 Å². The number of hydrogen-bond acceptors (Lipinski definition) is 1. The summed E-state index contributed by atoms with van der Waals surface area (Å²) < 4.78 is 0.